The summed E-state index contributed by atoms with van der Waals surface area (Å²) in [5.74, 6) is -0.634. The predicted octanol–water partition coefficient (Wildman–Crippen LogP) is 2.45. The van der Waals surface area contributed by atoms with E-state index in [0.29, 0.717) is 17.1 Å². The van der Waals surface area contributed by atoms with Crippen molar-refractivity contribution in [1.82, 2.24) is 9.80 Å². The molecule has 0 aromatic heterocycles. The number of benzene rings is 1. The lowest BCUT2D eigenvalue weighted by Crippen LogP contribution is -2.58. The standard InChI is InChI=1S/C15H18ClFN2O2/c1-3-6-18-9-14(20)19(10(2)15(18)21)8-11-7-12(17)4-5-13(11)16/h4-5,7,10H,3,6,8-9H2,1-2H3/t10-/m1/s1. The van der Waals surface area contributed by atoms with E-state index in [-0.39, 0.29) is 24.9 Å². The summed E-state index contributed by atoms with van der Waals surface area (Å²) in [5, 5.41) is 0.389. The molecule has 1 aromatic rings. The van der Waals surface area contributed by atoms with Gasteiger partial charge in [-0.05, 0) is 37.1 Å². The van der Waals surface area contributed by atoms with Crippen LogP contribution in [0.2, 0.25) is 5.02 Å². The van der Waals surface area contributed by atoms with E-state index in [1.54, 1.807) is 11.8 Å². The van der Waals surface area contributed by atoms with Crippen LogP contribution in [-0.4, -0.2) is 40.7 Å². The Hall–Kier alpha value is -1.62. The van der Waals surface area contributed by atoms with Crippen molar-refractivity contribution in [2.75, 3.05) is 13.1 Å². The second-order valence-electron chi connectivity index (χ2n) is 5.19. The van der Waals surface area contributed by atoms with Crippen molar-refractivity contribution in [3.05, 3.63) is 34.6 Å². The van der Waals surface area contributed by atoms with E-state index in [0.717, 1.165) is 6.42 Å². The normalized spacial score (nSPS) is 19.3. The highest BCUT2D eigenvalue weighted by Crippen LogP contribution is 2.22. The van der Waals surface area contributed by atoms with Gasteiger partial charge in [-0.2, -0.15) is 0 Å². The van der Waals surface area contributed by atoms with Gasteiger partial charge in [0.1, 0.15) is 11.9 Å². The number of carbonyl (C=O) groups excluding carboxylic acids is 2. The van der Waals surface area contributed by atoms with Crippen LogP contribution in [0.5, 0.6) is 0 Å². The second kappa shape index (κ2) is 6.43. The summed E-state index contributed by atoms with van der Waals surface area (Å²) in [4.78, 5) is 27.5. The van der Waals surface area contributed by atoms with E-state index in [2.05, 4.69) is 0 Å². The molecule has 1 fully saturated rings. The summed E-state index contributed by atoms with van der Waals surface area (Å²) in [7, 11) is 0. The van der Waals surface area contributed by atoms with Crippen LogP contribution in [0.15, 0.2) is 18.2 Å². The molecule has 21 heavy (non-hydrogen) atoms. The number of carbonyl (C=O) groups is 2. The molecule has 1 heterocycles. The van der Waals surface area contributed by atoms with Crippen LogP contribution in [0, 0.1) is 5.82 Å². The van der Waals surface area contributed by atoms with Crippen molar-refractivity contribution < 1.29 is 14.0 Å². The Bertz CT molecular complexity index is 565. The molecule has 2 amide bonds. The molecular weight excluding hydrogens is 295 g/mol. The molecule has 0 N–H and O–H groups in total. The lowest BCUT2D eigenvalue weighted by atomic mass is 10.1. The van der Waals surface area contributed by atoms with Gasteiger partial charge in [0.15, 0.2) is 0 Å². The molecule has 0 spiro atoms. The first-order chi connectivity index (χ1) is 9.93. The van der Waals surface area contributed by atoms with E-state index in [4.69, 9.17) is 11.6 Å². The molecule has 0 aliphatic carbocycles. The molecule has 2 rings (SSSR count). The third-order valence-corrected chi connectivity index (χ3v) is 3.99. The first-order valence-electron chi connectivity index (χ1n) is 6.96. The molecule has 4 nitrogen and oxygen atoms in total. The monoisotopic (exact) mass is 312 g/mol. The summed E-state index contributed by atoms with van der Waals surface area (Å²) in [6.07, 6.45) is 0.807. The zero-order valence-electron chi connectivity index (χ0n) is 12.1. The van der Waals surface area contributed by atoms with Crippen LogP contribution in [0.25, 0.3) is 0 Å². The van der Waals surface area contributed by atoms with Crippen molar-refractivity contribution in [3.63, 3.8) is 0 Å². The Morgan fingerprint density at radius 1 is 1.38 bits per heavy atom. The van der Waals surface area contributed by atoms with Gasteiger partial charge in [-0.15, -0.1) is 0 Å². The number of piperazine rings is 1. The maximum atomic E-state index is 13.3. The Morgan fingerprint density at radius 2 is 2.10 bits per heavy atom. The quantitative estimate of drug-likeness (QED) is 0.857. The Balaban J connectivity index is 2.18. The number of halogens is 2. The fourth-order valence-corrected chi connectivity index (χ4v) is 2.66. The molecule has 0 unspecified atom stereocenters. The molecule has 1 aliphatic heterocycles. The smallest absolute Gasteiger partial charge is 0.245 e. The fraction of sp³-hybridized carbons (Fsp3) is 0.467. The maximum absolute atomic E-state index is 13.3. The van der Waals surface area contributed by atoms with Crippen LogP contribution in [0.4, 0.5) is 4.39 Å². The van der Waals surface area contributed by atoms with Gasteiger partial charge in [0.2, 0.25) is 11.8 Å². The van der Waals surface area contributed by atoms with Gasteiger partial charge in [0.25, 0.3) is 0 Å². The van der Waals surface area contributed by atoms with Gasteiger partial charge >= 0.3 is 0 Å². The van der Waals surface area contributed by atoms with Crippen molar-refractivity contribution >= 4 is 23.4 Å². The molecule has 0 saturated carbocycles. The highest BCUT2D eigenvalue weighted by atomic mass is 35.5. The first kappa shape index (κ1) is 15.8. The zero-order valence-corrected chi connectivity index (χ0v) is 12.9. The molecule has 1 saturated heterocycles. The van der Waals surface area contributed by atoms with E-state index >= 15 is 0 Å². The molecule has 1 aliphatic rings. The van der Waals surface area contributed by atoms with Crippen molar-refractivity contribution in [3.8, 4) is 0 Å². The van der Waals surface area contributed by atoms with Crippen LogP contribution < -0.4 is 0 Å². The number of amides is 2. The highest BCUT2D eigenvalue weighted by Gasteiger charge is 2.36. The average Bonchev–Trinajstić information content (AvgIpc) is 2.44. The third kappa shape index (κ3) is 3.35. The molecule has 1 atom stereocenters. The Morgan fingerprint density at radius 3 is 2.76 bits per heavy atom. The summed E-state index contributed by atoms with van der Waals surface area (Å²) in [6, 6.07) is 3.46. The molecule has 1 aromatic carbocycles. The first-order valence-corrected chi connectivity index (χ1v) is 7.34. The second-order valence-corrected chi connectivity index (χ2v) is 5.60. The van der Waals surface area contributed by atoms with Crippen molar-refractivity contribution in [2.45, 2.75) is 32.9 Å². The van der Waals surface area contributed by atoms with Gasteiger partial charge in [0.05, 0.1) is 6.54 Å². The fourth-order valence-electron chi connectivity index (χ4n) is 2.48. The largest absolute Gasteiger partial charge is 0.332 e. The van der Waals surface area contributed by atoms with E-state index < -0.39 is 11.9 Å². The number of hydrogen-bond donors (Lipinski definition) is 0. The van der Waals surface area contributed by atoms with Crippen molar-refractivity contribution in [1.29, 1.82) is 0 Å². The SMILES string of the molecule is CCCN1CC(=O)N(Cc2cc(F)ccc2Cl)[C@H](C)C1=O. The van der Waals surface area contributed by atoms with Crippen LogP contribution >= 0.6 is 11.6 Å². The van der Waals surface area contributed by atoms with E-state index in [9.17, 15) is 14.0 Å². The van der Waals surface area contributed by atoms with E-state index in [1.807, 2.05) is 6.92 Å². The number of hydrogen-bond acceptors (Lipinski definition) is 2. The summed E-state index contributed by atoms with van der Waals surface area (Å²) < 4.78 is 13.3. The van der Waals surface area contributed by atoms with Gasteiger partial charge in [-0.1, -0.05) is 18.5 Å². The Kier molecular flexibility index (Phi) is 4.83. The molecule has 114 valence electrons. The maximum Gasteiger partial charge on any atom is 0.245 e. The minimum atomic E-state index is -0.558. The van der Waals surface area contributed by atoms with Gasteiger partial charge in [-0.25, -0.2) is 4.39 Å². The number of nitrogens with zero attached hydrogens (tertiary/aromatic N) is 2. The van der Waals surface area contributed by atoms with Gasteiger partial charge in [-0.3, -0.25) is 9.59 Å². The average molecular weight is 313 g/mol. The lowest BCUT2D eigenvalue weighted by Gasteiger charge is -2.38. The molecule has 0 radical (unpaired) electrons. The van der Waals surface area contributed by atoms with Gasteiger partial charge in [0, 0.05) is 18.1 Å². The molecular formula is C15H18ClFN2O2. The van der Waals surface area contributed by atoms with Gasteiger partial charge < -0.3 is 9.80 Å². The highest BCUT2D eigenvalue weighted by molar-refractivity contribution is 6.31. The minimum Gasteiger partial charge on any atom is -0.332 e. The Labute approximate surface area is 128 Å². The molecule has 0 bridgehead atoms. The van der Waals surface area contributed by atoms with Crippen LogP contribution in [0.3, 0.4) is 0 Å². The lowest BCUT2D eigenvalue weighted by molar-refractivity contribution is -0.155. The summed E-state index contributed by atoms with van der Waals surface area (Å²) in [5.41, 5.74) is 0.508. The van der Waals surface area contributed by atoms with Crippen LogP contribution in [0.1, 0.15) is 25.8 Å². The van der Waals surface area contributed by atoms with E-state index in [1.165, 1.54) is 23.1 Å². The zero-order chi connectivity index (χ0) is 15.6. The summed E-state index contributed by atoms with van der Waals surface area (Å²) in [6.45, 7) is 4.44. The topological polar surface area (TPSA) is 40.6 Å². The third-order valence-electron chi connectivity index (χ3n) is 3.63. The van der Waals surface area contributed by atoms with Crippen molar-refractivity contribution in [2.24, 2.45) is 0 Å². The predicted molar refractivity (Wildman–Crippen MR) is 78.3 cm³/mol. The molecule has 6 heteroatoms. The van der Waals surface area contributed by atoms with Crippen LogP contribution in [-0.2, 0) is 16.1 Å². The minimum absolute atomic E-state index is 0.0734. The number of rotatable bonds is 4. The summed E-state index contributed by atoms with van der Waals surface area (Å²) >= 11 is 6.03.